The van der Waals surface area contributed by atoms with Crippen molar-refractivity contribution in [3.8, 4) is 0 Å². The van der Waals surface area contributed by atoms with Gasteiger partial charge in [0.1, 0.15) is 5.82 Å². The minimum absolute atomic E-state index is 0.00163. The molecule has 0 aliphatic carbocycles. The number of alkyl halides is 3. The van der Waals surface area contributed by atoms with Crippen molar-refractivity contribution in [1.29, 1.82) is 0 Å². The fourth-order valence-corrected chi connectivity index (χ4v) is 2.28. The van der Waals surface area contributed by atoms with Crippen LogP contribution in [-0.4, -0.2) is 20.0 Å². The van der Waals surface area contributed by atoms with Crippen LogP contribution in [0, 0.1) is 5.82 Å². The molecule has 0 bridgehead atoms. The summed E-state index contributed by atoms with van der Waals surface area (Å²) in [6, 6.07) is 9.36. The van der Waals surface area contributed by atoms with Crippen molar-refractivity contribution < 1.29 is 22.4 Å². The number of anilines is 2. The van der Waals surface area contributed by atoms with Crippen molar-refractivity contribution >= 4 is 17.3 Å². The van der Waals surface area contributed by atoms with Gasteiger partial charge in [-0.15, -0.1) is 0 Å². The average molecular weight is 354 g/mol. The Balaban J connectivity index is 2.10. The van der Waals surface area contributed by atoms with E-state index >= 15 is 0 Å². The molecular formula is C18H18F4N2O. The van der Waals surface area contributed by atoms with E-state index < -0.39 is 17.6 Å². The Kier molecular flexibility index (Phi) is 5.66. The lowest BCUT2D eigenvalue weighted by molar-refractivity contribution is -0.136. The number of carbonyl (C=O) groups is 1. The molecule has 0 unspecified atom stereocenters. The first kappa shape index (κ1) is 18.8. The van der Waals surface area contributed by atoms with Gasteiger partial charge in [0.15, 0.2) is 0 Å². The van der Waals surface area contributed by atoms with Crippen LogP contribution in [-0.2, 0) is 17.4 Å². The van der Waals surface area contributed by atoms with Crippen molar-refractivity contribution in [1.82, 2.24) is 0 Å². The van der Waals surface area contributed by atoms with E-state index in [1.165, 1.54) is 36.4 Å². The number of hydrogen-bond acceptors (Lipinski definition) is 2. The highest BCUT2D eigenvalue weighted by Gasteiger charge is 2.34. The summed E-state index contributed by atoms with van der Waals surface area (Å²) < 4.78 is 52.5. The zero-order valence-electron chi connectivity index (χ0n) is 13.8. The van der Waals surface area contributed by atoms with Crippen molar-refractivity contribution in [2.75, 3.05) is 24.3 Å². The lowest BCUT2D eigenvalue weighted by atomic mass is 10.1. The van der Waals surface area contributed by atoms with E-state index in [9.17, 15) is 22.4 Å². The van der Waals surface area contributed by atoms with Crippen LogP contribution >= 0.6 is 0 Å². The van der Waals surface area contributed by atoms with Gasteiger partial charge in [0, 0.05) is 26.2 Å². The van der Waals surface area contributed by atoms with Gasteiger partial charge in [0.25, 0.3) is 0 Å². The zero-order valence-corrected chi connectivity index (χ0v) is 13.8. The minimum atomic E-state index is -4.58. The first-order chi connectivity index (χ1) is 11.7. The molecule has 0 spiro atoms. The van der Waals surface area contributed by atoms with Gasteiger partial charge in [-0.05, 0) is 42.3 Å². The Morgan fingerprint density at radius 1 is 1.08 bits per heavy atom. The summed E-state index contributed by atoms with van der Waals surface area (Å²) in [6.45, 7) is 0. The molecule has 134 valence electrons. The van der Waals surface area contributed by atoms with Crippen molar-refractivity contribution in [3.63, 3.8) is 0 Å². The van der Waals surface area contributed by atoms with Crippen molar-refractivity contribution in [3.05, 3.63) is 59.4 Å². The molecule has 25 heavy (non-hydrogen) atoms. The smallest absolute Gasteiger partial charge is 0.378 e. The number of carbonyl (C=O) groups excluding carboxylic acids is 1. The number of amides is 1. The predicted octanol–water partition coefficient (Wildman–Crippen LogP) is 4.48. The Bertz CT molecular complexity index is 740. The van der Waals surface area contributed by atoms with Gasteiger partial charge in [-0.1, -0.05) is 12.1 Å². The Labute approximate surface area is 143 Å². The maximum Gasteiger partial charge on any atom is 0.418 e. The average Bonchev–Trinajstić information content (AvgIpc) is 2.53. The first-order valence-corrected chi connectivity index (χ1v) is 7.59. The second-order valence-electron chi connectivity index (χ2n) is 5.80. The van der Waals surface area contributed by atoms with Gasteiger partial charge in [-0.25, -0.2) is 4.39 Å². The fourth-order valence-electron chi connectivity index (χ4n) is 2.28. The molecule has 0 heterocycles. The molecule has 0 aliphatic heterocycles. The van der Waals surface area contributed by atoms with Gasteiger partial charge < -0.3 is 10.2 Å². The molecule has 7 heteroatoms. The second kappa shape index (κ2) is 7.55. The third-order valence-electron chi connectivity index (χ3n) is 3.65. The molecule has 0 aliphatic rings. The van der Waals surface area contributed by atoms with Crippen LogP contribution in [0.2, 0.25) is 0 Å². The van der Waals surface area contributed by atoms with E-state index in [4.69, 9.17) is 0 Å². The predicted molar refractivity (Wildman–Crippen MR) is 89.1 cm³/mol. The maximum atomic E-state index is 13.2. The van der Waals surface area contributed by atoms with E-state index in [1.54, 1.807) is 19.0 Å². The molecule has 0 saturated heterocycles. The molecule has 2 aromatic carbocycles. The molecule has 0 fully saturated rings. The number of halogens is 4. The molecule has 1 amide bonds. The SMILES string of the molecule is CN(C)c1ccc(NC(=O)CCc2ccc(F)cc2)c(C(F)(F)F)c1. The quantitative estimate of drug-likeness (QED) is 0.803. The third-order valence-corrected chi connectivity index (χ3v) is 3.65. The molecule has 0 aromatic heterocycles. The van der Waals surface area contributed by atoms with Gasteiger partial charge in [-0.3, -0.25) is 4.79 Å². The van der Waals surface area contributed by atoms with Crippen LogP contribution in [0.25, 0.3) is 0 Å². The van der Waals surface area contributed by atoms with E-state index in [-0.39, 0.29) is 17.9 Å². The highest BCUT2D eigenvalue weighted by atomic mass is 19.4. The summed E-state index contributed by atoms with van der Waals surface area (Å²) in [4.78, 5) is 13.5. The summed E-state index contributed by atoms with van der Waals surface area (Å²) in [6.07, 6.45) is -4.27. The number of nitrogens with zero attached hydrogens (tertiary/aromatic N) is 1. The summed E-state index contributed by atoms with van der Waals surface area (Å²) in [5.74, 6) is -0.920. The van der Waals surface area contributed by atoms with Gasteiger partial charge in [0.2, 0.25) is 5.91 Å². The normalized spacial score (nSPS) is 11.3. The standard InChI is InChI=1S/C18H18F4N2O/c1-24(2)14-8-9-16(15(11-14)18(20,21)22)23-17(25)10-5-12-3-6-13(19)7-4-12/h3-4,6-9,11H,5,10H2,1-2H3,(H,23,25). The fraction of sp³-hybridized carbons (Fsp3) is 0.278. The zero-order chi connectivity index (χ0) is 18.6. The highest BCUT2D eigenvalue weighted by molar-refractivity contribution is 5.92. The molecule has 1 N–H and O–H groups in total. The van der Waals surface area contributed by atoms with E-state index in [0.717, 1.165) is 11.6 Å². The molecule has 2 rings (SSSR count). The van der Waals surface area contributed by atoms with Crippen LogP contribution in [0.3, 0.4) is 0 Å². The van der Waals surface area contributed by atoms with Crippen LogP contribution in [0.5, 0.6) is 0 Å². The summed E-state index contributed by atoms with van der Waals surface area (Å²) in [7, 11) is 3.27. The minimum Gasteiger partial charge on any atom is -0.378 e. The maximum absolute atomic E-state index is 13.2. The molecule has 0 radical (unpaired) electrons. The second-order valence-corrected chi connectivity index (χ2v) is 5.80. The number of nitrogens with one attached hydrogen (secondary N) is 1. The lowest BCUT2D eigenvalue weighted by Gasteiger charge is -2.18. The van der Waals surface area contributed by atoms with Gasteiger partial charge in [0.05, 0.1) is 11.3 Å². The van der Waals surface area contributed by atoms with E-state index in [2.05, 4.69) is 5.32 Å². The molecule has 2 aromatic rings. The first-order valence-electron chi connectivity index (χ1n) is 7.59. The lowest BCUT2D eigenvalue weighted by Crippen LogP contribution is -2.18. The Morgan fingerprint density at radius 3 is 2.28 bits per heavy atom. The van der Waals surface area contributed by atoms with Crippen LogP contribution in [0.4, 0.5) is 28.9 Å². The number of rotatable bonds is 5. The summed E-state index contributed by atoms with van der Waals surface area (Å²) >= 11 is 0. The van der Waals surface area contributed by atoms with E-state index in [0.29, 0.717) is 12.1 Å². The number of aryl methyl sites for hydroxylation is 1. The van der Waals surface area contributed by atoms with Gasteiger partial charge >= 0.3 is 6.18 Å². The molecule has 0 saturated carbocycles. The van der Waals surface area contributed by atoms with E-state index in [1.807, 2.05) is 0 Å². The largest absolute Gasteiger partial charge is 0.418 e. The van der Waals surface area contributed by atoms with Crippen molar-refractivity contribution in [2.24, 2.45) is 0 Å². The van der Waals surface area contributed by atoms with Crippen LogP contribution < -0.4 is 10.2 Å². The molecule has 3 nitrogen and oxygen atoms in total. The Morgan fingerprint density at radius 2 is 1.72 bits per heavy atom. The number of benzene rings is 2. The monoisotopic (exact) mass is 354 g/mol. The summed E-state index contributed by atoms with van der Waals surface area (Å²) in [5, 5.41) is 2.31. The Hall–Kier alpha value is -2.57. The van der Waals surface area contributed by atoms with Crippen LogP contribution in [0.15, 0.2) is 42.5 Å². The van der Waals surface area contributed by atoms with Crippen LogP contribution in [0.1, 0.15) is 17.5 Å². The molecule has 0 atom stereocenters. The number of hydrogen-bond donors (Lipinski definition) is 1. The third kappa shape index (κ3) is 5.20. The highest BCUT2D eigenvalue weighted by Crippen LogP contribution is 2.37. The topological polar surface area (TPSA) is 32.3 Å². The molecular weight excluding hydrogens is 336 g/mol. The van der Waals surface area contributed by atoms with Crippen molar-refractivity contribution in [2.45, 2.75) is 19.0 Å². The summed E-state index contributed by atoms with van der Waals surface area (Å²) in [5.41, 5.74) is -0.0526. The van der Waals surface area contributed by atoms with Gasteiger partial charge in [-0.2, -0.15) is 13.2 Å².